The predicted molar refractivity (Wildman–Crippen MR) is 137 cm³/mol. The zero-order valence-corrected chi connectivity index (χ0v) is 22.1. The Bertz CT molecular complexity index is 1130. The van der Waals surface area contributed by atoms with E-state index in [0.29, 0.717) is 12.2 Å². The maximum absolute atomic E-state index is 13.6. The Balaban J connectivity index is 2.43. The molecular formula is C26H37N3O4S. The van der Waals surface area contributed by atoms with Gasteiger partial charge in [0.05, 0.1) is 11.9 Å². The highest BCUT2D eigenvalue weighted by atomic mass is 32.2. The van der Waals surface area contributed by atoms with Crippen molar-refractivity contribution in [1.82, 2.24) is 10.2 Å². The van der Waals surface area contributed by atoms with Crippen LogP contribution in [-0.2, 0) is 26.2 Å². The van der Waals surface area contributed by atoms with Gasteiger partial charge in [0.2, 0.25) is 21.8 Å². The second kappa shape index (κ2) is 11.5. The molecule has 7 nitrogen and oxygen atoms in total. The molecule has 0 aliphatic heterocycles. The van der Waals surface area contributed by atoms with E-state index in [1.165, 1.54) is 4.90 Å². The van der Waals surface area contributed by atoms with Crippen molar-refractivity contribution >= 4 is 27.5 Å². The summed E-state index contributed by atoms with van der Waals surface area (Å²) in [7, 11) is -3.75. The minimum atomic E-state index is -3.75. The summed E-state index contributed by atoms with van der Waals surface area (Å²) in [5.41, 5.74) is 3.99. The molecule has 0 saturated heterocycles. The first-order chi connectivity index (χ1) is 15.8. The SMILES string of the molecule is Cc1ccc(C)c(N(CC(=O)N(Cc2ccccc2C)C(C)C(=O)NCC(C)C)S(C)(=O)=O)c1. The third-order valence-corrected chi connectivity index (χ3v) is 6.89. The van der Waals surface area contributed by atoms with E-state index in [2.05, 4.69) is 5.32 Å². The molecule has 0 bridgehead atoms. The molecule has 0 aromatic heterocycles. The summed E-state index contributed by atoms with van der Waals surface area (Å²) in [6.45, 7) is 11.6. The van der Waals surface area contributed by atoms with Crippen molar-refractivity contribution in [3.05, 3.63) is 64.7 Å². The first kappa shape index (κ1) is 27.4. The zero-order chi connectivity index (χ0) is 25.6. The standard InChI is InChI=1S/C26H37N3O4S/c1-18(2)15-27-26(31)22(6)28(16-23-11-9-8-10-20(23)4)25(30)17-29(34(7,32)33)24-14-19(3)12-13-21(24)5/h8-14,18,22H,15-17H2,1-7H3,(H,27,31). The van der Waals surface area contributed by atoms with Crippen molar-refractivity contribution in [2.45, 2.75) is 54.1 Å². The van der Waals surface area contributed by atoms with Gasteiger partial charge in [0.15, 0.2) is 0 Å². The molecule has 0 saturated carbocycles. The number of carbonyl (C=O) groups is 2. The number of nitrogens with one attached hydrogen (secondary N) is 1. The van der Waals surface area contributed by atoms with Crippen LogP contribution in [0.25, 0.3) is 0 Å². The third kappa shape index (κ3) is 7.32. The third-order valence-electron chi connectivity index (χ3n) is 5.77. The van der Waals surface area contributed by atoms with Crippen molar-refractivity contribution in [2.75, 3.05) is 23.7 Å². The van der Waals surface area contributed by atoms with Crippen LogP contribution < -0.4 is 9.62 Å². The maximum Gasteiger partial charge on any atom is 0.244 e. The molecule has 0 aliphatic carbocycles. The van der Waals surface area contributed by atoms with Crippen LogP contribution in [0.5, 0.6) is 0 Å². The molecule has 1 N–H and O–H groups in total. The van der Waals surface area contributed by atoms with E-state index >= 15 is 0 Å². The van der Waals surface area contributed by atoms with Crippen LogP contribution in [0.3, 0.4) is 0 Å². The van der Waals surface area contributed by atoms with Gasteiger partial charge in [-0.3, -0.25) is 13.9 Å². The lowest BCUT2D eigenvalue weighted by molar-refractivity contribution is -0.139. The number of sulfonamides is 1. The van der Waals surface area contributed by atoms with E-state index in [4.69, 9.17) is 0 Å². The summed E-state index contributed by atoms with van der Waals surface area (Å²) in [6, 6.07) is 12.4. The smallest absolute Gasteiger partial charge is 0.244 e. The number of aryl methyl sites for hydroxylation is 3. The first-order valence-electron chi connectivity index (χ1n) is 11.5. The lowest BCUT2D eigenvalue weighted by atomic mass is 10.1. The highest BCUT2D eigenvalue weighted by molar-refractivity contribution is 7.92. The molecule has 1 atom stereocenters. The fourth-order valence-electron chi connectivity index (χ4n) is 3.59. The summed E-state index contributed by atoms with van der Waals surface area (Å²) >= 11 is 0. The highest BCUT2D eigenvalue weighted by Crippen LogP contribution is 2.24. The van der Waals surface area contributed by atoms with Crippen LogP contribution >= 0.6 is 0 Å². The van der Waals surface area contributed by atoms with Crippen LogP contribution in [0.15, 0.2) is 42.5 Å². The van der Waals surface area contributed by atoms with E-state index in [1.54, 1.807) is 13.0 Å². The molecule has 34 heavy (non-hydrogen) atoms. The molecule has 0 radical (unpaired) electrons. The number of amides is 2. The molecule has 8 heteroatoms. The largest absolute Gasteiger partial charge is 0.354 e. The second-order valence-corrected chi connectivity index (χ2v) is 11.2. The molecule has 2 aromatic rings. The van der Waals surface area contributed by atoms with Gasteiger partial charge in [0.1, 0.15) is 12.6 Å². The summed E-state index contributed by atoms with van der Waals surface area (Å²) < 4.78 is 26.6. The quantitative estimate of drug-likeness (QED) is 0.555. The van der Waals surface area contributed by atoms with Crippen LogP contribution in [-0.4, -0.2) is 50.5 Å². The number of nitrogens with zero attached hydrogens (tertiary/aromatic N) is 2. The normalized spacial score (nSPS) is 12.4. The highest BCUT2D eigenvalue weighted by Gasteiger charge is 2.30. The number of carbonyl (C=O) groups excluding carboxylic acids is 2. The van der Waals surface area contributed by atoms with Gasteiger partial charge >= 0.3 is 0 Å². The minimum Gasteiger partial charge on any atom is -0.354 e. The van der Waals surface area contributed by atoms with Crippen molar-refractivity contribution in [3.8, 4) is 0 Å². The molecule has 1 unspecified atom stereocenters. The maximum atomic E-state index is 13.6. The molecule has 0 fully saturated rings. The summed E-state index contributed by atoms with van der Waals surface area (Å²) in [6.07, 6.45) is 1.09. The Hall–Kier alpha value is -2.87. The summed E-state index contributed by atoms with van der Waals surface area (Å²) in [5, 5.41) is 2.88. The number of hydrogen-bond acceptors (Lipinski definition) is 4. The Morgan fingerprint density at radius 3 is 2.21 bits per heavy atom. The monoisotopic (exact) mass is 487 g/mol. The Morgan fingerprint density at radius 2 is 1.62 bits per heavy atom. The van der Waals surface area contributed by atoms with E-state index in [-0.39, 0.29) is 18.4 Å². The average molecular weight is 488 g/mol. The molecule has 186 valence electrons. The summed E-state index contributed by atoms with van der Waals surface area (Å²) in [5.74, 6) is -0.447. The van der Waals surface area contributed by atoms with E-state index in [0.717, 1.165) is 32.8 Å². The van der Waals surface area contributed by atoms with E-state index in [1.807, 2.05) is 71.0 Å². The van der Waals surface area contributed by atoms with Crippen molar-refractivity contribution in [2.24, 2.45) is 5.92 Å². The molecule has 2 amide bonds. The Kier molecular flexibility index (Phi) is 9.27. The van der Waals surface area contributed by atoms with Gasteiger partial charge in [0, 0.05) is 13.1 Å². The number of anilines is 1. The van der Waals surface area contributed by atoms with Crippen LogP contribution in [0.4, 0.5) is 5.69 Å². The Labute approximate surface area is 204 Å². The van der Waals surface area contributed by atoms with Crippen molar-refractivity contribution in [3.63, 3.8) is 0 Å². The zero-order valence-electron chi connectivity index (χ0n) is 21.3. The molecular weight excluding hydrogens is 450 g/mol. The van der Waals surface area contributed by atoms with E-state index in [9.17, 15) is 18.0 Å². The molecule has 2 aromatic carbocycles. The molecule has 0 heterocycles. The van der Waals surface area contributed by atoms with Gasteiger partial charge in [-0.05, 0) is 61.9 Å². The fourth-order valence-corrected chi connectivity index (χ4v) is 4.49. The summed E-state index contributed by atoms with van der Waals surface area (Å²) in [4.78, 5) is 28.0. The first-order valence-corrected chi connectivity index (χ1v) is 13.3. The molecule has 0 spiro atoms. The van der Waals surface area contributed by atoms with Gasteiger partial charge in [-0.25, -0.2) is 8.42 Å². The van der Waals surface area contributed by atoms with Gasteiger partial charge in [-0.15, -0.1) is 0 Å². The number of hydrogen-bond donors (Lipinski definition) is 1. The van der Waals surface area contributed by atoms with Gasteiger partial charge in [0.25, 0.3) is 0 Å². The average Bonchev–Trinajstić information content (AvgIpc) is 2.75. The van der Waals surface area contributed by atoms with Crippen molar-refractivity contribution in [1.29, 1.82) is 0 Å². The lowest BCUT2D eigenvalue weighted by Crippen LogP contribution is -2.51. The minimum absolute atomic E-state index is 0.201. The molecule has 0 aliphatic rings. The predicted octanol–water partition coefficient (Wildman–Crippen LogP) is 3.57. The lowest BCUT2D eigenvalue weighted by Gasteiger charge is -2.32. The molecule has 2 rings (SSSR count). The van der Waals surface area contributed by atoms with Gasteiger partial charge < -0.3 is 10.2 Å². The van der Waals surface area contributed by atoms with Crippen molar-refractivity contribution < 1.29 is 18.0 Å². The number of rotatable bonds is 10. The number of benzene rings is 2. The van der Waals surface area contributed by atoms with Crippen LogP contribution in [0.1, 0.15) is 43.0 Å². The van der Waals surface area contributed by atoms with E-state index < -0.39 is 28.5 Å². The fraction of sp³-hybridized carbons (Fsp3) is 0.462. The topological polar surface area (TPSA) is 86.8 Å². The Morgan fingerprint density at radius 1 is 0.971 bits per heavy atom. The second-order valence-electron chi connectivity index (χ2n) is 9.32. The van der Waals surface area contributed by atoms with Gasteiger partial charge in [-0.1, -0.05) is 50.2 Å². The van der Waals surface area contributed by atoms with Gasteiger partial charge in [-0.2, -0.15) is 0 Å². The van der Waals surface area contributed by atoms with Crippen LogP contribution in [0.2, 0.25) is 0 Å². The van der Waals surface area contributed by atoms with Crippen LogP contribution in [0, 0.1) is 26.7 Å².